The van der Waals surface area contributed by atoms with Gasteiger partial charge in [0.05, 0.1) is 11.4 Å². The molecular weight excluding hydrogens is 248 g/mol. The van der Waals surface area contributed by atoms with E-state index >= 15 is 0 Å². The summed E-state index contributed by atoms with van der Waals surface area (Å²) in [5, 5.41) is 6.91. The summed E-state index contributed by atoms with van der Waals surface area (Å²) in [6, 6.07) is 0. The summed E-state index contributed by atoms with van der Waals surface area (Å²) in [5.74, 6) is 0. The second-order valence-electron chi connectivity index (χ2n) is 2.58. The van der Waals surface area contributed by atoms with Gasteiger partial charge in [-0.05, 0) is 30.5 Å². The van der Waals surface area contributed by atoms with E-state index in [0.717, 1.165) is 0 Å². The first kappa shape index (κ1) is 13.4. The van der Waals surface area contributed by atoms with Crippen molar-refractivity contribution in [2.24, 2.45) is 10.2 Å². The molecule has 0 unspecified atom stereocenters. The maximum atomic E-state index is 8.32. The number of hydrogen-bond donors (Lipinski definition) is 0. The van der Waals surface area contributed by atoms with Crippen LogP contribution < -0.4 is 0 Å². The summed E-state index contributed by atoms with van der Waals surface area (Å²) in [5.41, 5.74) is 18.6. The van der Waals surface area contributed by atoms with Crippen LogP contribution in [0, 0.1) is 13.8 Å². The Morgan fingerprint density at radius 2 is 1.80 bits per heavy atom. The molecule has 0 aliphatic carbocycles. The van der Waals surface area contributed by atoms with E-state index < -0.39 is 0 Å². The zero-order valence-electron chi connectivity index (χ0n) is 8.41. The molecule has 0 aromatic carbocycles. The summed E-state index contributed by atoms with van der Waals surface area (Å²) in [4.78, 5) is 9.27. The van der Waals surface area contributed by atoms with Gasteiger partial charge in [-0.25, -0.2) is 0 Å². The molecular formula is C7H7N7Zn. The van der Waals surface area contributed by atoms with Gasteiger partial charge in [-0.3, -0.25) is 4.98 Å². The van der Waals surface area contributed by atoms with Crippen LogP contribution in [-0.4, -0.2) is 4.98 Å². The van der Waals surface area contributed by atoms with Crippen molar-refractivity contribution < 1.29 is 19.5 Å². The normalized spacial score (nSPS) is 8.13. The van der Waals surface area contributed by atoms with E-state index in [1.54, 1.807) is 13.8 Å². The summed E-state index contributed by atoms with van der Waals surface area (Å²) >= 11 is 0. The average molecular weight is 255 g/mol. The Balaban J connectivity index is 0.00000196. The number of nitrogens with zero attached hydrogens (tertiary/aromatic N) is 7. The van der Waals surface area contributed by atoms with Crippen LogP contribution in [0.3, 0.4) is 0 Å². The van der Waals surface area contributed by atoms with Gasteiger partial charge in [0.25, 0.3) is 0 Å². The van der Waals surface area contributed by atoms with E-state index in [4.69, 9.17) is 11.1 Å². The van der Waals surface area contributed by atoms with Crippen LogP contribution in [0.4, 0.5) is 11.4 Å². The molecule has 1 aromatic heterocycles. The first-order valence-corrected chi connectivity index (χ1v) is 3.77. The smallest absolute Gasteiger partial charge is 0.0621 e. The van der Waals surface area contributed by atoms with Crippen molar-refractivity contribution in [1.82, 2.24) is 4.98 Å². The quantitative estimate of drug-likeness (QED) is 0.341. The second-order valence-corrected chi connectivity index (χ2v) is 2.58. The predicted octanol–water partition coefficient (Wildman–Crippen LogP) is 3.58. The molecule has 0 fully saturated rings. The molecule has 1 aromatic rings. The maximum Gasteiger partial charge on any atom is 0.0621 e. The molecule has 0 spiro atoms. The predicted molar refractivity (Wildman–Crippen MR) is 51.3 cm³/mol. The van der Waals surface area contributed by atoms with Crippen LogP contribution in [0.2, 0.25) is 0 Å². The van der Waals surface area contributed by atoms with Gasteiger partial charge in [0.1, 0.15) is 0 Å². The summed E-state index contributed by atoms with van der Waals surface area (Å²) < 4.78 is 0. The van der Waals surface area contributed by atoms with Gasteiger partial charge in [-0.15, -0.1) is 0 Å². The number of hydrogen-bond acceptors (Lipinski definition) is 3. The second kappa shape index (κ2) is 5.99. The number of aryl methyl sites for hydroxylation is 1. The van der Waals surface area contributed by atoms with Crippen molar-refractivity contribution >= 4 is 11.4 Å². The van der Waals surface area contributed by atoms with Gasteiger partial charge in [0.2, 0.25) is 0 Å². The number of azide groups is 2. The third-order valence-corrected chi connectivity index (χ3v) is 1.76. The van der Waals surface area contributed by atoms with Crippen molar-refractivity contribution in [2.75, 3.05) is 0 Å². The van der Waals surface area contributed by atoms with Crippen LogP contribution in [0.25, 0.3) is 20.9 Å². The minimum atomic E-state index is 0. The molecule has 72 valence electrons. The van der Waals surface area contributed by atoms with Crippen molar-refractivity contribution in [3.05, 3.63) is 38.3 Å². The Kier molecular flexibility index (Phi) is 5.35. The van der Waals surface area contributed by atoms with Crippen LogP contribution in [0.15, 0.2) is 16.4 Å². The molecule has 1 heterocycles. The van der Waals surface area contributed by atoms with Crippen LogP contribution in [0.1, 0.15) is 11.3 Å². The molecule has 0 radical (unpaired) electrons. The average Bonchev–Trinajstić information content (AvgIpc) is 2.17. The zero-order valence-corrected chi connectivity index (χ0v) is 11.4. The van der Waals surface area contributed by atoms with Gasteiger partial charge < -0.3 is 0 Å². The van der Waals surface area contributed by atoms with Crippen LogP contribution in [-0.2, 0) is 19.5 Å². The Bertz CT molecular complexity index is 457. The van der Waals surface area contributed by atoms with Gasteiger partial charge in [-0.1, -0.05) is 10.2 Å². The minimum absolute atomic E-state index is 0. The fourth-order valence-electron chi connectivity index (χ4n) is 1.05. The fourth-order valence-corrected chi connectivity index (χ4v) is 1.05. The van der Waals surface area contributed by atoms with Gasteiger partial charge >= 0.3 is 0 Å². The number of rotatable bonds is 2. The van der Waals surface area contributed by atoms with E-state index in [1.165, 1.54) is 6.20 Å². The van der Waals surface area contributed by atoms with Crippen molar-refractivity contribution in [3.8, 4) is 0 Å². The molecule has 0 saturated carbocycles. The molecule has 0 aliphatic heterocycles. The van der Waals surface area contributed by atoms with Crippen LogP contribution in [0.5, 0.6) is 0 Å². The van der Waals surface area contributed by atoms with E-state index in [9.17, 15) is 0 Å². The summed E-state index contributed by atoms with van der Waals surface area (Å²) in [6.07, 6.45) is 1.45. The van der Waals surface area contributed by atoms with Crippen molar-refractivity contribution in [2.45, 2.75) is 13.8 Å². The molecule has 1 rings (SSSR count). The Labute approximate surface area is 98.5 Å². The summed E-state index contributed by atoms with van der Waals surface area (Å²) in [6.45, 7) is 3.43. The molecule has 0 atom stereocenters. The molecule has 0 amide bonds. The SMILES string of the molecule is Cc1ncc(N=[N+]=[N-])c(C)c1N=[N+]=[N-].[Zn]. The van der Waals surface area contributed by atoms with Crippen molar-refractivity contribution in [3.63, 3.8) is 0 Å². The molecule has 7 nitrogen and oxygen atoms in total. The first-order chi connectivity index (χ1) is 6.70. The van der Waals surface area contributed by atoms with E-state index in [1.807, 2.05) is 0 Å². The molecule has 0 aliphatic rings. The monoisotopic (exact) mass is 253 g/mol. The van der Waals surface area contributed by atoms with E-state index in [2.05, 4.69) is 25.0 Å². The molecule has 15 heavy (non-hydrogen) atoms. The molecule has 8 heteroatoms. The van der Waals surface area contributed by atoms with E-state index in [0.29, 0.717) is 22.6 Å². The van der Waals surface area contributed by atoms with Gasteiger partial charge in [0.15, 0.2) is 0 Å². The standard InChI is InChI=1S/C7H7N7.Zn/c1-4-6(11-13-8)3-10-5(2)7(4)12-14-9;/h3H,1-2H3;. The maximum absolute atomic E-state index is 8.32. The van der Waals surface area contributed by atoms with Crippen LogP contribution >= 0.6 is 0 Å². The summed E-state index contributed by atoms with van der Waals surface area (Å²) in [7, 11) is 0. The molecule has 0 N–H and O–H groups in total. The van der Waals surface area contributed by atoms with E-state index in [-0.39, 0.29) is 19.5 Å². The third kappa shape index (κ3) is 2.93. The van der Waals surface area contributed by atoms with Crippen molar-refractivity contribution in [1.29, 1.82) is 0 Å². The Morgan fingerprint density at radius 1 is 1.20 bits per heavy atom. The number of pyridine rings is 1. The first-order valence-electron chi connectivity index (χ1n) is 3.77. The Hall–Kier alpha value is -1.61. The largest absolute Gasteiger partial charge is 0.261 e. The van der Waals surface area contributed by atoms with Gasteiger partial charge in [0, 0.05) is 41.2 Å². The fraction of sp³-hybridized carbons (Fsp3) is 0.286. The minimum Gasteiger partial charge on any atom is -0.261 e. The molecule has 0 saturated heterocycles. The Morgan fingerprint density at radius 3 is 2.33 bits per heavy atom. The molecule has 0 bridgehead atoms. The van der Waals surface area contributed by atoms with Gasteiger partial charge in [-0.2, -0.15) is 0 Å². The topological polar surface area (TPSA) is 110 Å². The zero-order chi connectivity index (χ0) is 10.6. The number of aromatic nitrogens is 1. The third-order valence-electron chi connectivity index (χ3n) is 1.76.